The van der Waals surface area contributed by atoms with E-state index in [9.17, 15) is 9.59 Å². The number of carbonyl (C=O) groups is 2. The quantitative estimate of drug-likeness (QED) is 0.753. The van der Waals surface area contributed by atoms with E-state index in [1.807, 2.05) is 18.2 Å². The first-order chi connectivity index (χ1) is 8.20. The summed E-state index contributed by atoms with van der Waals surface area (Å²) >= 11 is 0. The number of hydrogen-bond acceptors (Lipinski definition) is 3. The fourth-order valence-electron chi connectivity index (χ4n) is 2.20. The molecule has 2 aromatic rings. The number of methoxy groups -OCH3 is 1. The molecule has 1 aliphatic heterocycles. The molecule has 0 radical (unpaired) electrons. The summed E-state index contributed by atoms with van der Waals surface area (Å²) in [5.41, 5.74) is 2.01. The first kappa shape index (κ1) is 9.89. The summed E-state index contributed by atoms with van der Waals surface area (Å²) in [5.74, 6) is -0.562. The molecule has 1 aromatic heterocycles. The summed E-state index contributed by atoms with van der Waals surface area (Å²) in [5, 5.41) is 3.70. The van der Waals surface area contributed by atoms with Crippen molar-refractivity contribution in [1.29, 1.82) is 0 Å². The van der Waals surface area contributed by atoms with Crippen LogP contribution in [-0.4, -0.2) is 23.6 Å². The van der Waals surface area contributed by atoms with Crippen LogP contribution in [-0.2, 0) is 16.1 Å². The number of carbonyl (C=O) groups excluding carboxylic acids is 2. The summed E-state index contributed by atoms with van der Waals surface area (Å²) in [4.78, 5) is 23.2. The number of amides is 1. The molecule has 0 unspecified atom stereocenters. The van der Waals surface area contributed by atoms with Crippen LogP contribution in [0.15, 0.2) is 24.3 Å². The molecule has 0 bridgehead atoms. The van der Waals surface area contributed by atoms with Gasteiger partial charge in [-0.05, 0) is 12.1 Å². The van der Waals surface area contributed by atoms with Crippen molar-refractivity contribution >= 4 is 28.5 Å². The van der Waals surface area contributed by atoms with Crippen LogP contribution in [0.5, 0.6) is 0 Å². The van der Waals surface area contributed by atoms with E-state index in [-0.39, 0.29) is 12.5 Å². The van der Waals surface area contributed by atoms with Crippen LogP contribution in [0.3, 0.4) is 0 Å². The van der Waals surface area contributed by atoms with E-state index in [0.717, 1.165) is 16.6 Å². The first-order valence-electron chi connectivity index (χ1n) is 5.21. The summed E-state index contributed by atoms with van der Waals surface area (Å²) in [6.45, 7) is 0.144. The predicted molar refractivity (Wildman–Crippen MR) is 61.9 cm³/mol. The van der Waals surface area contributed by atoms with Crippen molar-refractivity contribution in [2.24, 2.45) is 0 Å². The van der Waals surface area contributed by atoms with E-state index in [0.29, 0.717) is 5.69 Å². The second-order valence-electron chi connectivity index (χ2n) is 3.90. The number of nitrogens with one attached hydrogen (secondary N) is 1. The number of para-hydroxylation sites is 1. The van der Waals surface area contributed by atoms with Gasteiger partial charge in [0, 0.05) is 5.39 Å². The minimum Gasteiger partial charge on any atom is -0.464 e. The lowest BCUT2D eigenvalue weighted by molar-refractivity contribution is -0.116. The molecule has 86 valence electrons. The van der Waals surface area contributed by atoms with Crippen molar-refractivity contribution in [3.63, 3.8) is 0 Å². The number of nitrogens with zero attached hydrogens (tertiary/aromatic N) is 1. The normalized spacial score (nSPS) is 13.6. The van der Waals surface area contributed by atoms with E-state index >= 15 is 0 Å². The lowest BCUT2D eigenvalue weighted by atomic mass is 10.2. The molecule has 5 heteroatoms. The van der Waals surface area contributed by atoms with E-state index in [1.54, 1.807) is 10.6 Å². The van der Waals surface area contributed by atoms with Crippen molar-refractivity contribution in [2.75, 3.05) is 12.4 Å². The molecule has 1 amide bonds. The summed E-state index contributed by atoms with van der Waals surface area (Å²) < 4.78 is 6.41. The van der Waals surface area contributed by atoms with Gasteiger partial charge in [-0.2, -0.15) is 0 Å². The molecule has 0 fully saturated rings. The number of hydrogen-bond donors (Lipinski definition) is 1. The predicted octanol–water partition coefficient (Wildman–Crippen LogP) is 1.38. The fraction of sp³-hybridized carbons (Fsp3) is 0.167. The van der Waals surface area contributed by atoms with Gasteiger partial charge in [0.1, 0.15) is 12.2 Å². The second kappa shape index (κ2) is 3.35. The Bertz CT molecular complexity index is 642. The Hall–Kier alpha value is -2.30. The van der Waals surface area contributed by atoms with E-state index in [1.165, 1.54) is 7.11 Å². The van der Waals surface area contributed by atoms with Gasteiger partial charge in [-0.3, -0.25) is 4.79 Å². The van der Waals surface area contributed by atoms with Crippen molar-refractivity contribution in [3.05, 3.63) is 30.0 Å². The van der Waals surface area contributed by atoms with Gasteiger partial charge in [0.25, 0.3) is 0 Å². The molecule has 3 rings (SSSR count). The van der Waals surface area contributed by atoms with Gasteiger partial charge in [0.2, 0.25) is 5.91 Å². The number of benzene rings is 1. The average Bonchev–Trinajstić information content (AvgIpc) is 2.69. The molecule has 1 N–H and O–H groups in total. The molecule has 0 atom stereocenters. The van der Waals surface area contributed by atoms with Gasteiger partial charge in [0.15, 0.2) is 0 Å². The maximum atomic E-state index is 11.6. The summed E-state index contributed by atoms with van der Waals surface area (Å²) in [6.07, 6.45) is 0. The van der Waals surface area contributed by atoms with Crippen LogP contribution in [0.1, 0.15) is 10.5 Å². The van der Waals surface area contributed by atoms with Crippen molar-refractivity contribution in [2.45, 2.75) is 6.54 Å². The van der Waals surface area contributed by atoms with Crippen LogP contribution in [0.2, 0.25) is 0 Å². The van der Waals surface area contributed by atoms with Gasteiger partial charge >= 0.3 is 5.97 Å². The van der Waals surface area contributed by atoms with Crippen LogP contribution >= 0.6 is 0 Å². The number of aromatic nitrogens is 1. The molecule has 1 aliphatic rings. The van der Waals surface area contributed by atoms with E-state index in [2.05, 4.69) is 5.32 Å². The molecule has 2 heterocycles. The lowest BCUT2D eigenvalue weighted by Crippen LogP contribution is -2.25. The van der Waals surface area contributed by atoms with Crippen molar-refractivity contribution in [1.82, 2.24) is 4.57 Å². The molecule has 1 aromatic carbocycles. The maximum absolute atomic E-state index is 11.6. The number of anilines is 1. The zero-order valence-electron chi connectivity index (χ0n) is 9.19. The Balaban J connectivity index is 2.34. The van der Waals surface area contributed by atoms with Gasteiger partial charge in [-0.15, -0.1) is 0 Å². The molecule has 0 spiro atoms. The Morgan fingerprint density at radius 2 is 2.29 bits per heavy atom. The van der Waals surface area contributed by atoms with Crippen LogP contribution < -0.4 is 5.32 Å². The number of ether oxygens (including phenoxy) is 1. The average molecular weight is 230 g/mol. The molecule has 17 heavy (non-hydrogen) atoms. The highest BCUT2D eigenvalue weighted by molar-refractivity contribution is 6.07. The Morgan fingerprint density at radius 3 is 3.06 bits per heavy atom. The zero-order valence-corrected chi connectivity index (χ0v) is 9.19. The van der Waals surface area contributed by atoms with Crippen molar-refractivity contribution in [3.8, 4) is 0 Å². The third-order valence-electron chi connectivity index (χ3n) is 2.89. The van der Waals surface area contributed by atoms with Gasteiger partial charge in [-0.25, -0.2) is 4.79 Å². The third kappa shape index (κ3) is 1.32. The standard InChI is InChI=1S/C12H10N2O3/c1-17-12(16)9-5-7-3-2-4-8-11(7)14(9)6-10(15)13-8/h2-5H,6H2,1H3,(H,13,15). The highest BCUT2D eigenvalue weighted by Crippen LogP contribution is 2.30. The van der Waals surface area contributed by atoms with Crippen molar-refractivity contribution < 1.29 is 14.3 Å². The highest BCUT2D eigenvalue weighted by Gasteiger charge is 2.23. The molecule has 0 saturated heterocycles. The molecular formula is C12H10N2O3. The summed E-state index contributed by atoms with van der Waals surface area (Å²) in [6, 6.07) is 7.30. The largest absolute Gasteiger partial charge is 0.464 e. The van der Waals surface area contributed by atoms with E-state index < -0.39 is 5.97 Å². The second-order valence-corrected chi connectivity index (χ2v) is 3.90. The van der Waals surface area contributed by atoms with Crippen LogP contribution in [0.4, 0.5) is 5.69 Å². The molecule has 0 aliphatic carbocycles. The van der Waals surface area contributed by atoms with E-state index in [4.69, 9.17) is 4.74 Å². The topological polar surface area (TPSA) is 60.3 Å². The maximum Gasteiger partial charge on any atom is 0.354 e. The Morgan fingerprint density at radius 1 is 1.47 bits per heavy atom. The van der Waals surface area contributed by atoms with Crippen LogP contribution in [0, 0.1) is 0 Å². The Kier molecular flexibility index (Phi) is 1.95. The minimum absolute atomic E-state index is 0.133. The van der Waals surface area contributed by atoms with Gasteiger partial charge in [-0.1, -0.05) is 12.1 Å². The summed E-state index contributed by atoms with van der Waals surface area (Å²) in [7, 11) is 1.33. The number of esters is 1. The fourth-order valence-corrected chi connectivity index (χ4v) is 2.20. The minimum atomic E-state index is -0.429. The van der Waals surface area contributed by atoms with Gasteiger partial charge in [0.05, 0.1) is 18.3 Å². The molecule has 5 nitrogen and oxygen atoms in total. The number of rotatable bonds is 1. The van der Waals surface area contributed by atoms with Gasteiger partial charge < -0.3 is 14.6 Å². The highest BCUT2D eigenvalue weighted by atomic mass is 16.5. The van der Waals surface area contributed by atoms with Crippen LogP contribution in [0.25, 0.3) is 10.9 Å². The SMILES string of the molecule is COC(=O)c1cc2cccc3c2n1CC(=O)N3. The monoisotopic (exact) mass is 230 g/mol. The Labute approximate surface area is 97.0 Å². The molecular weight excluding hydrogens is 220 g/mol. The third-order valence-corrected chi connectivity index (χ3v) is 2.89. The smallest absolute Gasteiger partial charge is 0.354 e. The zero-order chi connectivity index (χ0) is 12.0. The first-order valence-corrected chi connectivity index (χ1v) is 5.21. The lowest BCUT2D eigenvalue weighted by Gasteiger charge is -2.17. The molecule has 0 saturated carbocycles.